The van der Waals surface area contributed by atoms with Gasteiger partial charge in [-0.05, 0) is 20.3 Å². The number of ether oxygens (including phenoxy) is 1. The van der Waals surface area contributed by atoms with Crippen LogP contribution in [0.2, 0.25) is 0 Å². The van der Waals surface area contributed by atoms with Gasteiger partial charge in [-0.15, -0.1) is 12.4 Å². The van der Waals surface area contributed by atoms with E-state index in [0.717, 1.165) is 0 Å². The van der Waals surface area contributed by atoms with Crippen molar-refractivity contribution in [2.75, 3.05) is 45.1 Å². The van der Waals surface area contributed by atoms with Gasteiger partial charge in [-0.2, -0.15) is 4.31 Å². The van der Waals surface area contributed by atoms with Gasteiger partial charge in [0.1, 0.15) is 0 Å². The third-order valence-electron chi connectivity index (χ3n) is 4.14. The summed E-state index contributed by atoms with van der Waals surface area (Å²) in [5.41, 5.74) is 0. The van der Waals surface area contributed by atoms with E-state index in [2.05, 4.69) is 5.32 Å². The molecule has 2 saturated heterocycles. The zero-order valence-corrected chi connectivity index (χ0v) is 15.8. The standard InChI is InChI=1S/C14H27N3O5S.ClH/c1-11(2)22-7-8-23(20,21)17-5-3-16(4-6-17)14(19)13-9-12(18)10-15-13;/h11-13,15,18H,3-10H2,1-2H3;1H. The largest absolute Gasteiger partial charge is 0.392 e. The molecule has 24 heavy (non-hydrogen) atoms. The minimum absolute atomic E-state index is 0. The highest BCUT2D eigenvalue weighted by Gasteiger charge is 2.34. The first-order chi connectivity index (χ1) is 10.8. The molecule has 142 valence electrons. The van der Waals surface area contributed by atoms with Gasteiger partial charge in [-0.1, -0.05) is 0 Å². The number of aliphatic hydroxyl groups is 1. The first-order valence-corrected chi connectivity index (χ1v) is 9.70. The van der Waals surface area contributed by atoms with Crippen LogP contribution >= 0.6 is 12.4 Å². The SMILES string of the molecule is CC(C)OCCS(=O)(=O)N1CCN(C(=O)C2CC(O)CN2)CC1.Cl. The Morgan fingerprint density at radius 1 is 1.29 bits per heavy atom. The molecule has 1 amide bonds. The lowest BCUT2D eigenvalue weighted by molar-refractivity contribution is -0.134. The number of amides is 1. The van der Waals surface area contributed by atoms with E-state index in [1.54, 1.807) is 4.90 Å². The number of hydrogen-bond acceptors (Lipinski definition) is 6. The number of carbonyl (C=O) groups is 1. The van der Waals surface area contributed by atoms with Crippen LogP contribution in [0.5, 0.6) is 0 Å². The molecule has 0 aromatic rings. The quantitative estimate of drug-likeness (QED) is 0.610. The van der Waals surface area contributed by atoms with Crippen LogP contribution in [0, 0.1) is 0 Å². The van der Waals surface area contributed by atoms with Crippen LogP contribution in [0.1, 0.15) is 20.3 Å². The molecule has 2 atom stereocenters. The Morgan fingerprint density at radius 2 is 1.92 bits per heavy atom. The molecule has 0 radical (unpaired) electrons. The molecule has 10 heteroatoms. The molecule has 0 aliphatic carbocycles. The van der Waals surface area contributed by atoms with Crippen LogP contribution in [0.15, 0.2) is 0 Å². The molecule has 2 unspecified atom stereocenters. The number of nitrogens with zero attached hydrogens (tertiary/aromatic N) is 2. The molecule has 2 rings (SSSR count). The lowest BCUT2D eigenvalue weighted by Crippen LogP contribution is -2.54. The van der Waals surface area contributed by atoms with Crippen molar-refractivity contribution in [1.29, 1.82) is 0 Å². The predicted octanol–water partition coefficient (Wildman–Crippen LogP) is -0.970. The second-order valence-corrected chi connectivity index (χ2v) is 8.40. The highest BCUT2D eigenvalue weighted by Crippen LogP contribution is 2.13. The minimum atomic E-state index is -3.34. The predicted molar refractivity (Wildman–Crippen MR) is 92.7 cm³/mol. The van der Waals surface area contributed by atoms with Gasteiger partial charge in [0.15, 0.2) is 0 Å². The first-order valence-electron chi connectivity index (χ1n) is 8.09. The van der Waals surface area contributed by atoms with E-state index in [1.165, 1.54) is 4.31 Å². The molecule has 2 fully saturated rings. The summed E-state index contributed by atoms with van der Waals surface area (Å²) in [6, 6.07) is -0.354. The fraction of sp³-hybridized carbons (Fsp3) is 0.929. The maximum atomic E-state index is 12.3. The Bertz CT molecular complexity index is 509. The number of halogens is 1. The van der Waals surface area contributed by atoms with Crippen molar-refractivity contribution in [2.45, 2.75) is 38.5 Å². The monoisotopic (exact) mass is 385 g/mol. The van der Waals surface area contributed by atoms with Crippen LogP contribution in [0.4, 0.5) is 0 Å². The van der Waals surface area contributed by atoms with Crippen molar-refractivity contribution >= 4 is 28.3 Å². The smallest absolute Gasteiger partial charge is 0.239 e. The summed E-state index contributed by atoms with van der Waals surface area (Å²) in [5, 5.41) is 12.5. The Labute approximate surface area is 150 Å². The van der Waals surface area contributed by atoms with Crippen LogP contribution in [-0.2, 0) is 19.6 Å². The summed E-state index contributed by atoms with van der Waals surface area (Å²) in [7, 11) is -3.34. The van der Waals surface area contributed by atoms with Crippen molar-refractivity contribution in [3.63, 3.8) is 0 Å². The molecule has 0 aromatic heterocycles. The summed E-state index contributed by atoms with van der Waals surface area (Å²) in [5.74, 6) is -0.0862. The number of hydrogen-bond donors (Lipinski definition) is 2. The molecule has 0 bridgehead atoms. The highest BCUT2D eigenvalue weighted by atomic mass is 35.5. The van der Waals surface area contributed by atoms with Crippen molar-refractivity contribution in [2.24, 2.45) is 0 Å². The maximum absolute atomic E-state index is 12.3. The van der Waals surface area contributed by atoms with Crippen LogP contribution in [0.3, 0.4) is 0 Å². The molecule has 8 nitrogen and oxygen atoms in total. The number of piperazine rings is 1. The van der Waals surface area contributed by atoms with Crippen molar-refractivity contribution in [3.05, 3.63) is 0 Å². The number of sulfonamides is 1. The third kappa shape index (κ3) is 5.82. The van der Waals surface area contributed by atoms with Crippen molar-refractivity contribution < 1.29 is 23.1 Å². The zero-order chi connectivity index (χ0) is 17.0. The molecule has 2 aliphatic heterocycles. The summed E-state index contributed by atoms with van der Waals surface area (Å²) >= 11 is 0. The van der Waals surface area contributed by atoms with Crippen molar-refractivity contribution in [1.82, 2.24) is 14.5 Å². The van der Waals surface area contributed by atoms with Gasteiger partial charge in [0.25, 0.3) is 0 Å². The third-order valence-corrected chi connectivity index (χ3v) is 5.98. The molecule has 2 N–H and O–H groups in total. The number of carbonyl (C=O) groups excluding carboxylic acids is 1. The Kier molecular flexibility index (Phi) is 8.37. The van der Waals surface area contributed by atoms with Gasteiger partial charge in [0.05, 0.1) is 30.6 Å². The normalized spacial score (nSPS) is 25.8. The number of aliphatic hydroxyl groups excluding tert-OH is 1. The van der Waals surface area contributed by atoms with Gasteiger partial charge in [0.2, 0.25) is 15.9 Å². The first kappa shape index (κ1) is 21.6. The Balaban J connectivity index is 0.00000288. The second-order valence-electron chi connectivity index (χ2n) is 6.31. The molecule has 2 aliphatic rings. The van der Waals surface area contributed by atoms with E-state index in [4.69, 9.17) is 4.74 Å². The second kappa shape index (κ2) is 9.30. The minimum Gasteiger partial charge on any atom is -0.392 e. The molecule has 0 saturated carbocycles. The van der Waals surface area contributed by atoms with Crippen LogP contribution in [-0.4, -0.2) is 92.0 Å². The lowest BCUT2D eigenvalue weighted by atomic mass is 10.1. The Hall–Kier alpha value is -0.450. The average Bonchev–Trinajstić information content (AvgIpc) is 2.92. The van der Waals surface area contributed by atoms with E-state index in [1.807, 2.05) is 13.8 Å². The summed E-state index contributed by atoms with van der Waals surface area (Å²) < 4.78 is 31.2. The topological polar surface area (TPSA) is 99.2 Å². The number of nitrogens with one attached hydrogen (secondary N) is 1. The number of rotatable bonds is 6. The van der Waals surface area contributed by atoms with E-state index >= 15 is 0 Å². The van der Waals surface area contributed by atoms with Gasteiger partial charge in [-0.3, -0.25) is 4.79 Å². The molecule has 2 heterocycles. The zero-order valence-electron chi connectivity index (χ0n) is 14.2. The summed E-state index contributed by atoms with van der Waals surface area (Å²) in [6.07, 6.45) is -0.0512. The van der Waals surface area contributed by atoms with E-state index in [0.29, 0.717) is 39.1 Å². The fourth-order valence-corrected chi connectivity index (χ4v) is 4.12. The molecular formula is C14H28ClN3O5S. The summed E-state index contributed by atoms with van der Waals surface area (Å²) in [6.45, 7) is 5.74. The van der Waals surface area contributed by atoms with E-state index in [-0.39, 0.29) is 42.8 Å². The highest BCUT2D eigenvalue weighted by molar-refractivity contribution is 7.89. The van der Waals surface area contributed by atoms with Gasteiger partial charge >= 0.3 is 0 Å². The van der Waals surface area contributed by atoms with E-state index in [9.17, 15) is 18.3 Å². The van der Waals surface area contributed by atoms with Crippen molar-refractivity contribution in [3.8, 4) is 0 Å². The van der Waals surface area contributed by atoms with E-state index < -0.39 is 16.1 Å². The Morgan fingerprint density at radius 3 is 2.42 bits per heavy atom. The van der Waals surface area contributed by atoms with Crippen LogP contribution < -0.4 is 5.32 Å². The van der Waals surface area contributed by atoms with Gasteiger partial charge < -0.3 is 20.1 Å². The van der Waals surface area contributed by atoms with Crippen LogP contribution in [0.25, 0.3) is 0 Å². The molecule has 0 aromatic carbocycles. The molecule has 0 spiro atoms. The maximum Gasteiger partial charge on any atom is 0.239 e. The summed E-state index contributed by atoms with van der Waals surface area (Å²) in [4.78, 5) is 14.0. The lowest BCUT2D eigenvalue weighted by Gasteiger charge is -2.35. The van der Waals surface area contributed by atoms with Gasteiger partial charge in [0, 0.05) is 32.7 Å². The van der Waals surface area contributed by atoms with Gasteiger partial charge in [-0.25, -0.2) is 8.42 Å². The molecular weight excluding hydrogens is 358 g/mol. The average molecular weight is 386 g/mol. The number of β-amino-alcohol motifs (C(OH)–C–C–N with tert-alkyl or cyclic N) is 1. The fourth-order valence-electron chi connectivity index (χ4n) is 2.83.